The number of hydrogen-bond acceptors (Lipinski definition) is 3. The van der Waals surface area contributed by atoms with Crippen molar-refractivity contribution in [2.45, 2.75) is 13.5 Å². The lowest BCUT2D eigenvalue weighted by Crippen LogP contribution is -2.43. The van der Waals surface area contributed by atoms with Crippen molar-refractivity contribution in [3.63, 3.8) is 0 Å². The van der Waals surface area contributed by atoms with Crippen molar-refractivity contribution < 1.29 is 4.39 Å². The first kappa shape index (κ1) is 16.9. The van der Waals surface area contributed by atoms with Crippen molar-refractivity contribution in [2.24, 2.45) is 5.10 Å². The Morgan fingerprint density at radius 3 is 2.38 bits per heavy atom. The van der Waals surface area contributed by atoms with Crippen LogP contribution in [0.2, 0.25) is 5.02 Å². The van der Waals surface area contributed by atoms with Gasteiger partial charge in [-0.25, -0.2) is 4.39 Å². The minimum absolute atomic E-state index is 0.222. The van der Waals surface area contributed by atoms with Crippen LogP contribution in [0, 0.1) is 5.82 Å². The van der Waals surface area contributed by atoms with Crippen LogP contribution in [0.1, 0.15) is 18.1 Å². The van der Waals surface area contributed by atoms with Crippen molar-refractivity contribution in [1.82, 2.24) is 9.91 Å². The highest BCUT2D eigenvalue weighted by atomic mass is 35.5. The summed E-state index contributed by atoms with van der Waals surface area (Å²) in [4.78, 5) is 2.39. The highest BCUT2D eigenvalue weighted by Crippen LogP contribution is 2.18. The van der Waals surface area contributed by atoms with E-state index in [0.29, 0.717) is 0 Å². The van der Waals surface area contributed by atoms with Crippen LogP contribution in [0.4, 0.5) is 4.39 Å². The molecule has 24 heavy (non-hydrogen) atoms. The number of piperazine rings is 1. The fourth-order valence-corrected chi connectivity index (χ4v) is 3.02. The normalized spacial score (nSPS) is 16.5. The molecule has 0 unspecified atom stereocenters. The zero-order valence-electron chi connectivity index (χ0n) is 13.8. The predicted octanol–water partition coefficient (Wildman–Crippen LogP) is 4.02. The molecule has 1 aliphatic rings. The van der Waals surface area contributed by atoms with E-state index in [-0.39, 0.29) is 5.82 Å². The van der Waals surface area contributed by atoms with E-state index in [1.165, 1.54) is 17.7 Å². The Hall–Kier alpha value is -1.91. The van der Waals surface area contributed by atoms with Gasteiger partial charge >= 0.3 is 0 Å². The van der Waals surface area contributed by atoms with E-state index < -0.39 is 0 Å². The second-order valence-corrected chi connectivity index (χ2v) is 6.42. The zero-order valence-corrected chi connectivity index (χ0v) is 14.5. The Kier molecular flexibility index (Phi) is 5.48. The second-order valence-electron chi connectivity index (χ2n) is 6.01. The van der Waals surface area contributed by atoms with Crippen molar-refractivity contribution in [1.29, 1.82) is 0 Å². The SMILES string of the molecule is C/C(=N/N1CCN(Cc2ccccc2Cl)CC1)c1ccc(F)cc1. The summed E-state index contributed by atoms with van der Waals surface area (Å²) in [5.74, 6) is -0.222. The number of benzene rings is 2. The topological polar surface area (TPSA) is 18.8 Å². The lowest BCUT2D eigenvalue weighted by Gasteiger charge is -2.33. The van der Waals surface area contributed by atoms with Crippen molar-refractivity contribution in [2.75, 3.05) is 26.2 Å². The van der Waals surface area contributed by atoms with E-state index in [0.717, 1.165) is 49.0 Å². The molecule has 0 spiro atoms. The highest BCUT2D eigenvalue weighted by Gasteiger charge is 2.16. The van der Waals surface area contributed by atoms with E-state index in [4.69, 9.17) is 11.6 Å². The standard InChI is InChI=1S/C19H21ClFN3/c1-15(16-6-8-18(21)9-7-16)22-24-12-10-23(11-13-24)14-17-4-2-3-5-19(17)20/h2-9H,10-14H2,1H3/b22-15-. The summed E-state index contributed by atoms with van der Waals surface area (Å²) in [5.41, 5.74) is 3.03. The molecule has 0 atom stereocenters. The van der Waals surface area contributed by atoms with Crippen molar-refractivity contribution in [3.8, 4) is 0 Å². The number of rotatable bonds is 4. The summed E-state index contributed by atoms with van der Waals surface area (Å²) in [6, 6.07) is 14.5. The number of hydrazone groups is 1. The quantitative estimate of drug-likeness (QED) is 0.779. The molecular weight excluding hydrogens is 325 g/mol. The third-order valence-electron chi connectivity index (χ3n) is 4.25. The Labute approximate surface area is 147 Å². The van der Waals surface area contributed by atoms with Crippen LogP contribution in [0.15, 0.2) is 53.6 Å². The van der Waals surface area contributed by atoms with Crippen LogP contribution in [-0.2, 0) is 6.54 Å². The first-order chi connectivity index (χ1) is 11.6. The Morgan fingerprint density at radius 1 is 1.04 bits per heavy atom. The summed E-state index contributed by atoms with van der Waals surface area (Å²) in [6.07, 6.45) is 0. The molecule has 1 heterocycles. The van der Waals surface area contributed by atoms with Gasteiger partial charge in [0.25, 0.3) is 0 Å². The molecule has 1 aliphatic heterocycles. The van der Waals surface area contributed by atoms with Crippen LogP contribution in [0.5, 0.6) is 0 Å². The molecular formula is C19H21ClFN3. The van der Waals surface area contributed by atoms with Gasteiger partial charge in [-0.15, -0.1) is 0 Å². The fraction of sp³-hybridized carbons (Fsp3) is 0.316. The molecule has 2 aromatic carbocycles. The molecule has 0 radical (unpaired) electrons. The largest absolute Gasteiger partial charge is 0.295 e. The summed E-state index contributed by atoms with van der Waals surface area (Å²) in [6.45, 7) is 6.49. The monoisotopic (exact) mass is 345 g/mol. The molecule has 3 nitrogen and oxygen atoms in total. The molecule has 0 bridgehead atoms. The zero-order chi connectivity index (χ0) is 16.9. The van der Waals surface area contributed by atoms with Crippen LogP contribution in [-0.4, -0.2) is 41.8 Å². The number of hydrogen-bond donors (Lipinski definition) is 0. The van der Waals surface area contributed by atoms with Gasteiger partial charge in [0.2, 0.25) is 0 Å². The highest BCUT2D eigenvalue weighted by molar-refractivity contribution is 6.31. The van der Waals surface area contributed by atoms with Crippen LogP contribution < -0.4 is 0 Å². The summed E-state index contributed by atoms with van der Waals surface area (Å²) in [7, 11) is 0. The maximum absolute atomic E-state index is 13.0. The van der Waals surface area contributed by atoms with Crippen molar-refractivity contribution in [3.05, 3.63) is 70.5 Å². The molecule has 0 N–H and O–H groups in total. The Bertz CT molecular complexity index is 707. The molecule has 0 saturated carbocycles. The predicted molar refractivity (Wildman–Crippen MR) is 96.9 cm³/mol. The summed E-state index contributed by atoms with van der Waals surface area (Å²) >= 11 is 6.23. The van der Waals surface area contributed by atoms with Gasteiger partial charge in [0.15, 0.2) is 0 Å². The molecule has 2 aromatic rings. The van der Waals surface area contributed by atoms with Gasteiger partial charge in [0, 0.05) is 37.7 Å². The van der Waals surface area contributed by atoms with E-state index in [9.17, 15) is 4.39 Å². The lowest BCUT2D eigenvalue weighted by molar-refractivity contribution is 0.130. The van der Waals surface area contributed by atoms with Crippen LogP contribution in [0.3, 0.4) is 0 Å². The maximum Gasteiger partial charge on any atom is 0.123 e. The molecule has 0 aliphatic carbocycles. The molecule has 5 heteroatoms. The van der Waals surface area contributed by atoms with E-state index >= 15 is 0 Å². The summed E-state index contributed by atoms with van der Waals surface area (Å²) in [5, 5.41) is 7.58. The van der Waals surface area contributed by atoms with Gasteiger partial charge in [0.05, 0.1) is 5.71 Å². The van der Waals surface area contributed by atoms with Gasteiger partial charge in [-0.1, -0.05) is 41.9 Å². The second kappa shape index (κ2) is 7.77. The van der Waals surface area contributed by atoms with Crippen LogP contribution in [0.25, 0.3) is 0 Å². The van der Waals surface area contributed by atoms with Gasteiger partial charge < -0.3 is 0 Å². The molecule has 126 valence electrons. The lowest BCUT2D eigenvalue weighted by atomic mass is 10.1. The van der Waals surface area contributed by atoms with E-state index in [1.54, 1.807) is 12.1 Å². The first-order valence-electron chi connectivity index (χ1n) is 8.13. The van der Waals surface area contributed by atoms with Gasteiger partial charge in [0.1, 0.15) is 5.82 Å². The minimum atomic E-state index is -0.222. The molecule has 1 fully saturated rings. The van der Waals surface area contributed by atoms with E-state index in [2.05, 4.69) is 21.1 Å². The Morgan fingerprint density at radius 2 is 1.71 bits per heavy atom. The summed E-state index contributed by atoms with van der Waals surface area (Å²) < 4.78 is 13.0. The third kappa shape index (κ3) is 4.34. The van der Waals surface area contributed by atoms with Gasteiger partial charge in [-0.2, -0.15) is 5.10 Å². The average Bonchev–Trinajstić information content (AvgIpc) is 2.59. The fourth-order valence-electron chi connectivity index (χ4n) is 2.82. The van der Waals surface area contributed by atoms with Gasteiger partial charge in [-0.3, -0.25) is 9.91 Å². The molecule has 3 rings (SSSR count). The molecule has 1 saturated heterocycles. The number of halogens is 2. The molecule has 0 aromatic heterocycles. The average molecular weight is 346 g/mol. The smallest absolute Gasteiger partial charge is 0.123 e. The number of nitrogens with zero attached hydrogens (tertiary/aromatic N) is 3. The van der Waals surface area contributed by atoms with Crippen LogP contribution >= 0.6 is 11.6 Å². The molecule has 0 amide bonds. The van der Waals surface area contributed by atoms with Gasteiger partial charge in [-0.05, 0) is 36.2 Å². The minimum Gasteiger partial charge on any atom is -0.295 e. The third-order valence-corrected chi connectivity index (χ3v) is 4.62. The Balaban J connectivity index is 1.56. The first-order valence-corrected chi connectivity index (χ1v) is 8.51. The van der Waals surface area contributed by atoms with Crippen molar-refractivity contribution >= 4 is 17.3 Å². The van der Waals surface area contributed by atoms with E-state index in [1.807, 2.05) is 25.1 Å². The maximum atomic E-state index is 13.0.